The molecule has 3 nitrogen and oxygen atoms in total. The highest BCUT2D eigenvalue weighted by molar-refractivity contribution is 9.11. The molecule has 2 aromatic rings. The summed E-state index contributed by atoms with van der Waals surface area (Å²) < 4.78 is 1.07. The van der Waals surface area contributed by atoms with Crippen molar-refractivity contribution in [2.75, 3.05) is 5.32 Å². The van der Waals surface area contributed by atoms with Crippen LogP contribution < -0.4 is 5.32 Å². The van der Waals surface area contributed by atoms with E-state index in [0.29, 0.717) is 17.8 Å². The molecule has 1 heterocycles. The van der Waals surface area contributed by atoms with Crippen LogP contribution in [0.5, 0.6) is 0 Å². The molecule has 0 bridgehead atoms. The summed E-state index contributed by atoms with van der Waals surface area (Å²) in [4.78, 5) is 11.0. The first kappa shape index (κ1) is 12.1. The van der Waals surface area contributed by atoms with Crippen LogP contribution in [0.1, 0.15) is 15.9 Å². The Hall–Kier alpha value is -1.33. The molecule has 0 saturated heterocycles. The van der Waals surface area contributed by atoms with E-state index >= 15 is 0 Å². The second-order valence-corrected chi connectivity index (χ2v) is 5.75. The Balaban J connectivity index is 2.11. The van der Waals surface area contributed by atoms with Gasteiger partial charge in [-0.15, -0.1) is 11.3 Å². The van der Waals surface area contributed by atoms with E-state index in [4.69, 9.17) is 5.11 Å². The van der Waals surface area contributed by atoms with Gasteiger partial charge >= 0.3 is 5.97 Å². The maximum atomic E-state index is 11.0. The number of anilines is 1. The topological polar surface area (TPSA) is 49.3 Å². The number of carbonyl (C=O) groups is 1. The molecule has 88 valence electrons. The lowest BCUT2D eigenvalue weighted by atomic mass is 10.1. The third-order valence-corrected chi connectivity index (χ3v) is 3.82. The maximum absolute atomic E-state index is 11.0. The van der Waals surface area contributed by atoms with Gasteiger partial charge in [-0.25, -0.2) is 4.79 Å². The van der Waals surface area contributed by atoms with Crippen LogP contribution in [0.3, 0.4) is 0 Å². The first-order valence-corrected chi connectivity index (χ1v) is 6.63. The molecule has 0 fully saturated rings. The van der Waals surface area contributed by atoms with Crippen molar-refractivity contribution in [2.24, 2.45) is 0 Å². The normalized spacial score (nSPS) is 10.2. The summed E-state index contributed by atoms with van der Waals surface area (Å²) in [6, 6.07) is 8.91. The molecule has 0 spiro atoms. The lowest BCUT2D eigenvalue weighted by molar-refractivity contribution is 0.0698. The van der Waals surface area contributed by atoms with Gasteiger partial charge in [0.15, 0.2) is 0 Å². The highest BCUT2D eigenvalue weighted by Gasteiger charge is 2.08. The first-order valence-electron chi connectivity index (χ1n) is 4.96. The molecular formula is C12H10BrNO2S. The summed E-state index contributed by atoms with van der Waals surface area (Å²) in [6.07, 6.45) is 0. The van der Waals surface area contributed by atoms with Gasteiger partial charge in [0.25, 0.3) is 0 Å². The monoisotopic (exact) mass is 311 g/mol. The largest absolute Gasteiger partial charge is 0.478 e. The van der Waals surface area contributed by atoms with E-state index in [9.17, 15) is 4.79 Å². The number of carboxylic acid groups (broad SMARTS) is 1. The Bertz CT molecular complexity index is 539. The molecule has 17 heavy (non-hydrogen) atoms. The number of halogens is 1. The van der Waals surface area contributed by atoms with Crippen LogP contribution >= 0.6 is 27.3 Å². The molecule has 1 aromatic carbocycles. The molecule has 0 atom stereocenters. The van der Waals surface area contributed by atoms with E-state index in [0.717, 1.165) is 9.35 Å². The summed E-state index contributed by atoms with van der Waals surface area (Å²) in [5.74, 6) is -0.917. The molecule has 5 heteroatoms. The van der Waals surface area contributed by atoms with Crippen molar-refractivity contribution in [3.05, 3.63) is 50.6 Å². The number of rotatable bonds is 4. The fourth-order valence-electron chi connectivity index (χ4n) is 1.46. The van der Waals surface area contributed by atoms with Gasteiger partial charge < -0.3 is 10.4 Å². The van der Waals surface area contributed by atoms with Gasteiger partial charge in [0.1, 0.15) is 0 Å². The fourth-order valence-corrected chi connectivity index (χ4v) is 2.67. The van der Waals surface area contributed by atoms with E-state index in [1.165, 1.54) is 0 Å². The van der Waals surface area contributed by atoms with Gasteiger partial charge in [-0.05, 0) is 45.1 Å². The van der Waals surface area contributed by atoms with Crippen LogP contribution in [0, 0.1) is 0 Å². The van der Waals surface area contributed by atoms with Gasteiger partial charge in [-0.2, -0.15) is 0 Å². The van der Waals surface area contributed by atoms with Crippen molar-refractivity contribution in [1.29, 1.82) is 0 Å². The number of nitrogens with one attached hydrogen (secondary N) is 1. The predicted octanol–water partition coefficient (Wildman–Crippen LogP) is 3.82. The zero-order valence-electron chi connectivity index (χ0n) is 8.81. The summed E-state index contributed by atoms with van der Waals surface area (Å²) >= 11 is 5.00. The molecule has 0 unspecified atom stereocenters. The van der Waals surface area contributed by atoms with Crippen LogP contribution in [0.4, 0.5) is 5.69 Å². The van der Waals surface area contributed by atoms with Crippen molar-refractivity contribution >= 4 is 38.9 Å². The minimum atomic E-state index is -0.917. The molecule has 1 aromatic heterocycles. The number of carboxylic acids is 1. The minimum absolute atomic E-state index is 0.293. The van der Waals surface area contributed by atoms with Crippen molar-refractivity contribution in [3.8, 4) is 0 Å². The fraction of sp³-hybridized carbons (Fsp3) is 0.0833. The van der Waals surface area contributed by atoms with Crippen LogP contribution in [-0.2, 0) is 6.54 Å². The average Bonchev–Trinajstić information content (AvgIpc) is 2.73. The number of benzene rings is 1. The number of thiophene rings is 1. The van der Waals surface area contributed by atoms with Gasteiger partial charge in [0.05, 0.1) is 9.35 Å². The Morgan fingerprint density at radius 2 is 2.18 bits per heavy atom. The minimum Gasteiger partial charge on any atom is -0.478 e. The second kappa shape index (κ2) is 5.33. The van der Waals surface area contributed by atoms with Crippen LogP contribution in [-0.4, -0.2) is 11.1 Å². The van der Waals surface area contributed by atoms with Crippen LogP contribution in [0.15, 0.2) is 39.5 Å². The van der Waals surface area contributed by atoms with Crippen molar-refractivity contribution in [3.63, 3.8) is 0 Å². The second-order valence-electron chi connectivity index (χ2n) is 3.46. The number of hydrogen-bond donors (Lipinski definition) is 2. The molecule has 2 rings (SSSR count). The summed E-state index contributed by atoms with van der Waals surface area (Å²) in [5, 5.41) is 14.2. The molecule has 0 aliphatic rings. The summed E-state index contributed by atoms with van der Waals surface area (Å²) in [5.41, 5.74) is 2.06. The first-order chi connectivity index (χ1) is 8.16. The number of para-hydroxylation sites is 1. The van der Waals surface area contributed by atoms with E-state index in [2.05, 4.69) is 21.2 Å². The quantitative estimate of drug-likeness (QED) is 0.902. The lowest BCUT2D eigenvalue weighted by Crippen LogP contribution is -2.05. The number of hydrogen-bond acceptors (Lipinski definition) is 3. The highest BCUT2D eigenvalue weighted by Crippen LogP contribution is 2.22. The molecular weight excluding hydrogens is 302 g/mol. The van der Waals surface area contributed by atoms with Gasteiger partial charge in [-0.3, -0.25) is 0 Å². The zero-order chi connectivity index (χ0) is 12.3. The van der Waals surface area contributed by atoms with Gasteiger partial charge in [0, 0.05) is 12.2 Å². The molecule has 2 N–H and O–H groups in total. The third-order valence-electron chi connectivity index (χ3n) is 2.26. The standard InChI is InChI=1S/C12H10BrNO2S/c13-11-5-8(7-17-11)6-14-10-4-2-1-3-9(10)12(15)16/h1-5,7,14H,6H2,(H,15,16). The molecule has 0 radical (unpaired) electrons. The Labute approximate surface area is 111 Å². The SMILES string of the molecule is O=C(O)c1ccccc1NCc1csc(Br)c1. The van der Waals surface area contributed by atoms with Gasteiger partial charge in [-0.1, -0.05) is 12.1 Å². The summed E-state index contributed by atoms with van der Waals surface area (Å²) in [6.45, 7) is 0.617. The van der Waals surface area contributed by atoms with Crippen molar-refractivity contribution < 1.29 is 9.90 Å². The highest BCUT2D eigenvalue weighted by atomic mass is 79.9. The summed E-state index contributed by atoms with van der Waals surface area (Å²) in [7, 11) is 0. The predicted molar refractivity (Wildman–Crippen MR) is 72.7 cm³/mol. The average molecular weight is 312 g/mol. The molecule has 0 aliphatic heterocycles. The van der Waals surface area contributed by atoms with Gasteiger partial charge in [0.2, 0.25) is 0 Å². The van der Waals surface area contributed by atoms with E-state index in [1.807, 2.05) is 17.5 Å². The Kier molecular flexibility index (Phi) is 3.81. The molecule has 0 saturated carbocycles. The van der Waals surface area contributed by atoms with Crippen molar-refractivity contribution in [2.45, 2.75) is 6.54 Å². The maximum Gasteiger partial charge on any atom is 0.337 e. The number of aromatic carboxylic acids is 1. The van der Waals surface area contributed by atoms with E-state index in [-0.39, 0.29) is 0 Å². The zero-order valence-corrected chi connectivity index (χ0v) is 11.2. The Morgan fingerprint density at radius 3 is 2.82 bits per heavy atom. The van der Waals surface area contributed by atoms with Crippen LogP contribution in [0.2, 0.25) is 0 Å². The molecule has 0 aliphatic carbocycles. The molecule has 0 amide bonds. The smallest absolute Gasteiger partial charge is 0.337 e. The van der Waals surface area contributed by atoms with Crippen molar-refractivity contribution in [1.82, 2.24) is 0 Å². The Morgan fingerprint density at radius 1 is 1.41 bits per heavy atom. The van der Waals surface area contributed by atoms with E-state index < -0.39 is 5.97 Å². The van der Waals surface area contributed by atoms with Crippen LogP contribution in [0.25, 0.3) is 0 Å². The van der Waals surface area contributed by atoms with E-state index in [1.54, 1.807) is 29.5 Å². The third kappa shape index (κ3) is 3.08. The lowest BCUT2D eigenvalue weighted by Gasteiger charge is -2.08.